The number of fused-ring (bicyclic) bond motifs is 1. The van der Waals surface area contributed by atoms with E-state index in [9.17, 15) is 10.2 Å². The number of aromatic hydroxyl groups is 1. The van der Waals surface area contributed by atoms with Gasteiger partial charge in [0.1, 0.15) is 24.2 Å². The molecular formula is C18H21N5O5. The van der Waals surface area contributed by atoms with Crippen LogP contribution in [0.2, 0.25) is 0 Å². The Morgan fingerprint density at radius 1 is 1.32 bits per heavy atom. The fraction of sp³-hybridized carbons (Fsp3) is 0.389. The van der Waals surface area contributed by atoms with Gasteiger partial charge in [-0.3, -0.25) is 4.57 Å². The highest BCUT2D eigenvalue weighted by atomic mass is 16.6. The molecule has 3 atom stereocenters. The van der Waals surface area contributed by atoms with Crippen molar-refractivity contribution in [2.24, 2.45) is 0 Å². The number of phenols is 1. The Morgan fingerprint density at radius 3 is 3.00 bits per heavy atom. The Morgan fingerprint density at radius 2 is 2.18 bits per heavy atom. The van der Waals surface area contributed by atoms with Gasteiger partial charge in [-0.25, -0.2) is 15.0 Å². The molecule has 1 saturated heterocycles. The zero-order chi connectivity index (χ0) is 19.7. The second-order valence-corrected chi connectivity index (χ2v) is 6.54. The van der Waals surface area contributed by atoms with Crippen LogP contribution in [0.3, 0.4) is 0 Å². The van der Waals surface area contributed by atoms with Crippen molar-refractivity contribution in [2.45, 2.75) is 31.5 Å². The van der Waals surface area contributed by atoms with Crippen molar-refractivity contribution in [2.75, 3.05) is 19.5 Å². The lowest BCUT2D eigenvalue weighted by molar-refractivity contribution is -0.0647. The Balaban J connectivity index is 1.38. The van der Waals surface area contributed by atoms with E-state index in [4.69, 9.17) is 19.9 Å². The number of nitrogens with two attached hydrogens (primary N) is 1. The van der Waals surface area contributed by atoms with E-state index in [2.05, 4.69) is 15.0 Å². The Bertz CT molecular complexity index is 978. The van der Waals surface area contributed by atoms with Crippen LogP contribution in [0.15, 0.2) is 30.9 Å². The summed E-state index contributed by atoms with van der Waals surface area (Å²) in [6.45, 7) is 0.510. The van der Waals surface area contributed by atoms with Crippen LogP contribution >= 0.6 is 0 Å². The van der Waals surface area contributed by atoms with Crippen LogP contribution in [-0.4, -0.2) is 55.7 Å². The van der Waals surface area contributed by atoms with Crippen LogP contribution in [0.1, 0.15) is 18.2 Å². The van der Waals surface area contributed by atoms with Gasteiger partial charge in [-0.1, -0.05) is 6.07 Å². The van der Waals surface area contributed by atoms with Crippen LogP contribution in [0.4, 0.5) is 5.82 Å². The predicted molar refractivity (Wildman–Crippen MR) is 98.6 cm³/mol. The van der Waals surface area contributed by atoms with Crippen molar-refractivity contribution in [1.82, 2.24) is 19.5 Å². The van der Waals surface area contributed by atoms with Gasteiger partial charge in [0, 0.05) is 6.42 Å². The number of aromatic nitrogens is 4. The molecule has 4 rings (SSSR count). The van der Waals surface area contributed by atoms with Gasteiger partial charge >= 0.3 is 0 Å². The van der Waals surface area contributed by atoms with Crippen molar-refractivity contribution in [3.63, 3.8) is 0 Å². The second kappa shape index (κ2) is 7.58. The molecule has 0 amide bonds. The molecule has 0 radical (unpaired) electrons. The van der Waals surface area contributed by atoms with Crippen LogP contribution in [0.25, 0.3) is 11.2 Å². The first kappa shape index (κ1) is 18.4. The summed E-state index contributed by atoms with van der Waals surface area (Å²) in [7, 11) is 1.49. The van der Waals surface area contributed by atoms with E-state index < -0.39 is 18.4 Å². The molecule has 0 bridgehead atoms. The number of hydrogen-bond donors (Lipinski definition) is 3. The minimum absolute atomic E-state index is 0.0700. The third-order valence-electron chi connectivity index (χ3n) is 4.70. The summed E-state index contributed by atoms with van der Waals surface area (Å²) in [5, 5.41) is 20.0. The molecule has 4 N–H and O–H groups in total. The molecule has 10 heteroatoms. The van der Waals surface area contributed by atoms with Gasteiger partial charge in [0.05, 0.1) is 32.8 Å². The summed E-state index contributed by atoms with van der Waals surface area (Å²) in [6.07, 6.45) is 1.75. The van der Waals surface area contributed by atoms with Gasteiger partial charge in [-0.15, -0.1) is 0 Å². The van der Waals surface area contributed by atoms with Crippen LogP contribution in [0.5, 0.6) is 11.5 Å². The molecule has 1 aliphatic rings. The third-order valence-corrected chi connectivity index (χ3v) is 4.70. The Labute approximate surface area is 160 Å². The lowest BCUT2D eigenvalue weighted by Gasteiger charge is -2.16. The molecule has 2 aromatic heterocycles. The molecular weight excluding hydrogens is 366 g/mol. The number of phenolic OH excluding ortho intramolecular Hbond substituents is 1. The number of methoxy groups -OCH3 is 1. The lowest BCUT2D eigenvalue weighted by Crippen LogP contribution is -2.26. The van der Waals surface area contributed by atoms with Gasteiger partial charge in [0.2, 0.25) is 0 Å². The predicted octanol–water partition coefficient (Wildman–Crippen LogP) is 0.988. The summed E-state index contributed by atoms with van der Waals surface area (Å²) in [5.41, 5.74) is 7.71. The largest absolute Gasteiger partial charge is 0.504 e. The monoisotopic (exact) mass is 387 g/mol. The smallest absolute Gasteiger partial charge is 0.167 e. The number of nitrogen functional groups attached to an aromatic ring is 1. The maximum Gasteiger partial charge on any atom is 0.167 e. The first-order valence-electron chi connectivity index (χ1n) is 8.77. The summed E-state index contributed by atoms with van der Waals surface area (Å²) < 4.78 is 18.5. The van der Waals surface area contributed by atoms with Crippen molar-refractivity contribution >= 4 is 17.0 Å². The quantitative estimate of drug-likeness (QED) is 0.565. The van der Waals surface area contributed by atoms with Crippen molar-refractivity contribution in [3.8, 4) is 11.5 Å². The zero-order valence-electron chi connectivity index (χ0n) is 15.2. The maximum absolute atomic E-state index is 10.4. The van der Waals surface area contributed by atoms with E-state index in [1.807, 2.05) is 0 Å². The molecule has 1 aliphatic heterocycles. The average molecular weight is 387 g/mol. The highest BCUT2D eigenvalue weighted by Crippen LogP contribution is 2.32. The Kier molecular flexibility index (Phi) is 4.99. The van der Waals surface area contributed by atoms with Crippen molar-refractivity contribution in [3.05, 3.63) is 36.4 Å². The molecule has 28 heavy (non-hydrogen) atoms. The molecule has 1 fully saturated rings. The standard InChI is InChI=1S/C18H21N5O5/c1-26-13-4-10(2-3-11(13)24)6-27-7-14-12(25)5-15(28-14)23-9-22-16-17(19)20-8-21-18(16)23/h2-4,8-9,12,14-15,24-25H,5-7H2,1H3,(H2,19,20,21)/t12-,14+,15+/m0/s1. The fourth-order valence-corrected chi connectivity index (χ4v) is 3.22. The maximum atomic E-state index is 10.4. The van der Waals surface area contributed by atoms with E-state index in [0.717, 1.165) is 5.56 Å². The van der Waals surface area contributed by atoms with Crippen LogP contribution < -0.4 is 10.5 Å². The average Bonchev–Trinajstić information content (AvgIpc) is 3.27. The highest BCUT2D eigenvalue weighted by molar-refractivity contribution is 5.81. The minimum Gasteiger partial charge on any atom is -0.504 e. The number of ether oxygens (including phenoxy) is 3. The van der Waals surface area contributed by atoms with Crippen molar-refractivity contribution in [1.29, 1.82) is 0 Å². The molecule has 0 unspecified atom stereocenters. The number of benzene rings is 1. The molecule has 3 aromatic rings. The first-order chi connectivity index (χ1) is 13.6. The lowest BCUT2D eigenvalue weighted by atomic mass is 10.2. The van der Waals surface area contributed by atoms with Crippen molar-refractivity contribution < 1.29 is 24.4 Å². The van der Waals surface area contributed by atoms with Gasteiger partial charge in [0.25, 0.3) is 0 Å². The number of anilines is 1. The summed E-state index contributed by atoms with van der Waals surface area (Å²) >= 11 is 0. The first-order valence-corrected chi connectivity index (χ1v) is 8.77. The number of hydrogen-bond acceptors (Lipinski definition) is 9. The minimum atomic E-state index is -0.684. The summed E-state index contributed by atoms with van der Waals surface area (Å²) in [6, 6.07) is 4.99. The molecule has 1 aromatic carbocycles. The SMILES string of the molecule is COc1cc(COC[C@H]2O[C@@H](n3cnc4c(N)ncnc43)C[C@@H]2O)ccc1O. The van der Waals surface area contributed by atoms with E-state index in [1.165, 1.54) is 13.4 Å². The van der Waals surface area contributed by atoms with Crippen LogP contribution in [-0.2, 0) is 16.1 Å². The topological polar surface area (TPSA) is 138 Å². The van der Waals surface area contributed by atoms with Gasteiger partial charge < -0.3 is 30.2 Å². The van der Waals surface area contributed by atoms with Crippen LogP contribution in [0, 0.1) is 0 Å². The number of aliphatic hydroxyl groups excluding tert-OH is 1. The van der Waals surface area contributed by atoms with Gasteiger partial charge in [0.15, 0.2) is 23.0 Å². The Hall–Kier alpha value is -2.95. The number of imidazole rings is 1. The fourth-order valence-electron chi connectivity index (χ4n) is 3.22. The summed E-state index contributed by atoms with van der Waals surface area (Å²) in [5.74, 6) is 0.749. The van der Waals surface area contributed by atoms with E-state index in [0.29, 0.717) is 35.8 Å². The third kappa shape index (κ3) is 3.44. The summed E-state index contributed by atoms with van der Waals surface area (Å²) in [4.78, 5) is 12.4. The molecule has 0 aliphatic carbocycles. The molecule has 148 valence electrons. The van der Waals surface area contributed by atoms with E-state index in [1.54, 1.807) is 29.1 Å². The molecule has 3 heterocycles. The number of rotatable bonds is 6. The highest BCUT2D eigenvalue weighted by Gasteiger charge is 2.36. The molecule has 10 nitrogen and oxygen atoms in total. The molecule has 0 spiro atoms. The van der Waals surface area contributed by atoms with Gasteiger partial charge in [-0.05, 0) is 17.7 Å². The number of aliphatic hydroxyl groups is 1. The molecule has 0 saturated carbocycles. The zero-order valence-corrected chi connectivity index (χ0v) is 15.2. The normalized spacial score (nSPS) is 22.0. The second-order valence-electron chi connectivity index (χ2n) is 6.54. The van der Waals surface area contributed by atoms with E-state index in [-0.39, 0.29) is 12.4 Å². The van der Waals surface area contributed by atoms with E-state index >= 15 is 0 Å². The van der Waals surface area contributed by atoms with Gasteiger partial charge in [-0.2, -0.15) is 0 Å². The number of nitrogens with zero attached hydrogens (tertiary/aromatic N) is 4.